The SMILES string of the molecule is CCCOC(=O)NCCCCCCCC(=O)OCC. The van der Waals surface area contributed by atoms with Crippen LogP contribution in [0, 0.1) is 0 Å². The number of hydrogen-bond donors (Lipinski definition) is 1. The third-order valence-electron chi connectivity index (χ3n) is 2.57. The normalized spacial score (nSPS) is 10.0. The summed E-state index contributed by atoms with van der Waals surface area (Å²) < 4.78 is 9.73. The van der Waals surface area contributed by atoms with Crippen molar-refractivity contribution in [3.63, 3.8) is 0 Å². The topological polar surface area (TPSA) is 64.6 Å². The van der Waals surface area contributed by atoms with Crippen molar-refractivity contribution in [2.24, 2.45) is 0 Å². The van der Waals surface area contributed by atoms with Crippen molar-refractivity contribution < 1.29 is 19.1 Å². The van der Waals surface area contributed by atoms with E-state index in [0.717, 1.165) is 38.5 Å². The van der Waals surface area contributed by atoms with Crippen LogP contribution in [-0.4, -0.2) is 31.8 Å². The highest BCUT2D eigenvalue weighted by Gasteiger charge is 2.01. The van der Waals surface area contributed by atoms with Gasteiger partial charge in [-0.05, 0) is 26.2 Å². The van der Waals surface area contributed by atoms with Gasteiger partial charge in [-0.3, -0.25) is 4.79 Å². The van der Waals surface area contributed by atoms with E-state index in [4.69, 9.17) is 9.47 Å². The monoisotopic (exact) mass is 273 g/mol. The van der Waals surface area contributed by atoms with Gasteiger partial charge < -0.3 is 14.8 Å². The van der Waals surface area contributed by atoms with Gasteiger partial charge >= 0.3 is 12.1 Å². The number of ether oxygens (including phenoxy) is 2. The van der Waals surface area contributed by atoms with Crippen molar-refractivity contribution in [2.45, 2.75) is 58.8 Å². The zero-order valence-electron chi connectivity index (χ0n) is 12.2. The molecule has 0 heterocycles. The van der Waals surface area contributed by atoms with Gasteiger partial charge in [0.25, 0.3) is 0 Å². The minimum Gasteiger partial charge on any atom is -0.466 e. The van der Waals surface area contributed by atoms with Crippen LogP contribution in [0.25, 0.3) is 0 Å². The molecule has 0 aliphatic carbocycles. The maximum atomic E-state index is 11.1. The molecule has 0 aromatic carbocycles. The van der Waals surface area contributed by atoms with Gasteiger partial charge in [0.05, 0.1) is 13.2 Å². The van der Waals surface area contributed by atoms with E-state index in [1.54, 1.807) is 0 Å². The van der Waals surface area contributed by atoms with Crippen LogP contribution in [0.5, 0.6) is 0 Å². The molecule has 5 heteroatoms. The van der Waals surface area contributed by atoms with Crippen molar-refractivity contribution in [3.05, 3.63) is 0 Å². The number of amides is 1. The lowest BCUT2D eigenvalue weighted by Crippen LogP contribution is -2.25. The Bertz CT molecular complexity index is 244. The quantitative estimate of drug-likeness (QED) is 0.464. The second-order valence-electron chi connectivity index (χ2n) is 4.39. The lowest BCUT2D eigenvalue weighted by atomic mass is 10.1. The van der Waals surface area contributed by atoms with Crippen molar-refractivity contribution in [2.75, 3.05) is 19.8 Å². The van der Waals surface area contributed by atoms with Gasteiger partial charge in [0.15, 0.2) is 0 Å². The fraction of sp³-hybridized carbons (Fsp3) is 0.857. The van der Waals surface area contributed by atoms with Crippen LogP contribution in [-0.2, 0) is 14.3 Å². The Kier molecular flexibility index (Phi) is 12.3. The summed E-state index contributed by atoms with van der Waals surface area (Å²) in [5, 5.41) is 2.71. The van der Waals surface area contributed by atoms with E-state index < -0.39 is 0 Å². The number of nitrogens with one attached hydrogen (secondary N) is 1. The number of unbranched alkanes of at least 4 members (excludes halogenated alkanes) is 4. The highest BCUT2D eigenvalue weighted by atomic mass is 16.5. The molecule has 1 amide bonds. The molecule has 0 fully saturated rings. The Morgan fingerprint density at radius 2 is 1.63 bits per heavy atom. The van der Waals surface area contributed by atoms with Crippen LogP contribution in [0.2, 0.25) is 0 Å². The highest BCUT2D eigenvalue weighted by Crippen LogP contribution is 2.05. The molecule has 0 aromatic rings. The van der Waals surface area contributed by atoms with Crippen LogP contribution < -0.4 is 5.32 Å². The molecule has 112 valence electrons. The molecular formula is C14H27NO4. The largest absolute Gasteiger partial charge is 0.466 e. The molecule has 0 bridgehead atoms. The summed E-state index contributed by atoms with van der Waals surface area (Å²) in [5.74, 6) is -0.108. The molecule has 5 nitrogen and oxygen atoms in total. The van der Waals surface area contributed by atoms with Gasteiger partial charge in [0.1, 0.15) is 0 Å². The van der Waals surface area contributed by atoms with Crippen molar-refractivity contribution in [3.8, 4) is 0 Å². The molecule has 0 aliphatic heterocycles. The van der Waals surface area contributed by atoms with E-state index in [2.05, 4.69) is 5.32 Å². The number of carbonyl (C=O) groups excluding carboxylic acids is 2. The lowest BCUT2D eigenvalue weighted by molar-refractivity contribution is -0.143. The average molecular weight is 273 g/mol. The summed E-state index contributed by atoms with van der Waals surface area (Å²) in [4.78, 5) is 22.1. The molecule has 0 radical (unpaired) electrons. The van der Waals surface area contributed by atoms with Gasteiger partial charge in [0.2, 0.25) is 0 Å². The number of rotatable bonds is 11. The van der Waals surface area contributed by atoms with Crippen LogP contribution in [0.1, 0.15) is 58.8 Å². The standard InChI is InChI=1S/C14H27NO4/c1-3-12-19-14(17)15-11-9-7-5-6-8-10-13(16)18-4-2/h3-12H2,1-2H3,(H,15,17). The average Bonchev–Trinajstić information content (AvgIpc) is 2.39. The Balaban J connectivity index is 3.18. The maximum Gasteiger partial charge on any atom is 0.407 e. The zero-order chi connectivity index (χ0) is 14.3. The third kappa shape index (κ3) is 13.0. The van der Waals surface area contributed by atoms with Gasteiger partial charge in [-0.15, -0.1) is 0 Å². The van der Waals surface area contributed by atoms with Crippen molar-refractivity contribution >= 4 is 12.1 Å². The highest BCUT2D eigenvalue weighted by molar-refractivity contribution is 5.69. The minimum absolute atomic E-state index is 0.108. The fourth-order valence-electron chi connectivity index (χ4n) is 1.59. The smallest absolute Gasteiger partial charge is 0.407 e. The molecular weight excluding hydrogens is 246 g/mol. The lowest BCUT2D eigenvalue weighted by Gasteiger charge is -2.05. The van der Waals surface area contributed by atoms with Crippen LogP contribution in [0.3, 0.4) is 0 Å². The van der Waals surface area contributed by atoms with Crippen LogP contribution in [0.15, 0.2) is 0 Å². The first-order valence-corrected chi connectivity index (χ1v) is 7.27. The first-order chi connectivity index (χ1) is 9.20. The predicted octanol–water partition coefficient (Wildman–Crippen LogP) is 3.03. The Morgan fingerprint density at radius 3 is 2.32 bits per heavy atom. The molecule has 0 aromatic heterocycles. The molecule has 0 spiro atoms. The summed E-state index contributed by atoms with van der Waals surface area (Å²) in [6.07, 6.45) is 6.00. The Labute approximate surface area is 116 Å². The second-order valence-corrected chi connectivity index (χ2v) is 4.39. The Hall–Kier alpha value is -1.26. The first kappa shape index (κ1) is 17.7. The molecule has 0 rings (SSSR count). The zero-order valence-corrected chi connectivity index (χ0v) is 12.2. The first-order valence-electron chi connectivity index (χ1n) is 7.27. The minimum atomic E-state index is -0.329. The summed E-state index contributed by atoms with van der Waals surface area (Å²) >= 11 is 0. The molecule has 1 N–H and O–H groups in total. The van der Waals surface area contributed by atoms with Gasteiger partial charge in [-0.25, -0.2) is 4.79 Å². The van der Waals surface area contributed by atoms with Crippen molar-refractivity contribution in [1.29, 1.82) is 0 Å². The second kappa shape index (κ2) is 13.2. The van der Waals surface area contributed by atoms with Gasteiger partial charge in [-0.2, -0.15) is 0 Å². The molecule has 0 atom stereocenters. The molecule has 0 saturated heterocycles. The molecule has 0 unspecified atom stereocenters. The summed E-state index contributed by atoms with van der Waals surface area (Å²) in [6, 6.07) is 0. The summed E-state index contributed by atoms with van der Waals surface area (Å²) in [6.45, 7) is 5.36. The van der Waals surface area contributed by atoms with E-state index in [0.29, 0.717) is 26.2 Å². The van der Waals surface area contributed by atoms with E-state index in [1.165, 1.54) is 0 Å². The predicted molar refractivity (Wildman–Crippen MR) is 74.0 cm³/mol. The summed E-state index contributed by atoms with van der Waals surface area (Å²) in [5.41, 5.74) is 0. The van der Waals surface area contributed by atoms with E-state index in [-0.39, 0.29) is 12.1 Å². The Morgan fingerprint density at radius 1 is 0.947 bits per heavy atom. The summed E-state index contributed by atoms with van der Waals surface area (Å²) in [7, 11) is 0. The number of alkyl carbamates (subject to hydrolysis) is 1. The number of hydrogen-bond acceptors (Lipinski definition) is 4. The molecule has 0 aliphatic rings. The number of esters is 1. The van der Waals surface area contributed by atoms with Crippen LogP contribution >= 0.6 is 0 Å². The fourth-order valence-corrected chi connectivity index (χ4v) is 1.59. The van der Waals surface area contributed by atoms with Crippen LogP contribution in [0.4, 0.5) is 4.79 Å². The van der Waals surface area contributed by atoms with E-state index >= 15 is 0 Å². The van der Waals surface area contributed by atoms with Gasteiger partial charge in [-0.1, -0.05) is 26.2 Å². The number of carbonyl (C=O) groups is 2. The maximum absolute atomic E-state index is 11.1. The van der Waals surface area contributed by atoms with E-state index in [9.17, 15) is 9.59 Å². The third-order valence-corrected chi connectivity index (χ3v) is 2.57. The van der Waals surface area contributed by atoms with Crippen molar-refractivity contribution in [1.82, 2.24) is 5.32 Å². The molecule has 0 saturated carbocycles. The van der Waals surface area contributed by atoms with Gasteiger partial charge in [0, 0.05) is 13.0 Å². The molecule has 19 heavy (non-hydrogen) atoms. The van der Waals surface area contributed by atoms with E-state index in [1.807, 2.05) is 13.8 Å².